The molecule has 12 heteroatoms. The molecular formula is C27H22Cl2F3N3O4. The third-order valence-electron chi connectivity index (χ3n) is 6.09. The number of halogens is 5. The van der Waals surface area contributed by atoms with Gasteiger partial charge in [0.05, 0.1) is 28.0 Å². The van der Waals surface area contributed by atoms with Crippen molar-refractivity contribution in [3.63, 3.8) is 0 Å². The molecule has 3 aromatic carbocycles. The summed E-state index contributed by atoms with van der Waals surface area (Å²) in [5, 5.41) is 34.7. The number of aromatic hydroxyl groups is 1. The average molecular weight is 580 g/mol. The molecule has 7 nitrogen and oxygen atoms in total. The largest absolute Gasteiger partial charge is 0.507 e. The summed E-state index contributed by atoms with van der Waals surface area (Å²) in [7, 11) is 0. The lowest BCUT2D eigenvalue weighted by atomic mass is 9.83. The number of hydrogen-bond donors (Lipinski definition) is 2. The molecule has 0 radical (unpaired) electrons. The van der Waals surface area contributed by atoms with Crippen LogP contribution in [0.25, 0.3) is 0 Å². The van der Waals surface area contributed by atoms with Crippen LogP contribution in [0, 0.1) is 28.4 Å². The normalized spacial score (nSPS) is 12.5. The van der Waals surface area contributed by atoms with E-state index in [-0.39, 0.29) is 32.4 Å². The number of amides is 1. The van der Waals surface area contributed by atoms with Crippen molar-refractivity contribution in [1.82, 2.24) is 0 Å². The SMILES string of the molecule is Cc1c([N+](=O)[O-])cc(C(C)(C)C)c(O)c1C(=O)Nc1ccc(C(C#N)c2ccc(Cl)cc2Cl)c(C(F)(F)F)c1. The Kier molecular flexibility index (Phi) is 8.20. The van der Waals surface area contributed by atoms with Gasteiger partial charge in [-0.05, 0) is 47.7 Å². The number of nitro benzene ring substituents is 1. The molecule has 0 aliphatic heterocycles. The molecule has 3 rings (SSSR count). The molecule has 0 fully saturated rings. The fraction of sp³-hybridized carbons (Fsp3) is 0.259. The smallest absolute Gasteiger partial charge is 0.416 e. The number of benzene rings is 3. The van der Waals surface area contributed by atoms with E-state index in [1.807, 2.05) is 6.07 Å². The highest BCUT2D eigenvalue weighted by Crippen LogP contribution is 2.42. The molecule has 204 valence electrons. The second-order valence-electron chi connectivity index (χ2n) is 9.78. The molecule has 1 amide bonds. The summed E-state index contributed by atoms with van der Waals surface area (Å²) in [5.74, 6) is -2.97. The monoisotopic (exact) mass is 579 g/mol. The lowest BCUT2D eigenvalue weighted by molar-refractivity contribution is -0.385. The Morgan fingerprint density at radius 3 is 2.21 bits per heavy atom. The number of rotatable bonds is 5. The van der Waals surface area contributed by atoms with Crippen LogP contribution in [0.2, 0.25) is 10.0 Å². The molecule has 0 aromatic heterocycles. The van der Waals surface area contributed by atoms with Crippen molar-refractivity contribution in [2.45, 2.75) is 45.2 Å². The number of nitrogens with one attached hydrogen (secondary N) is 1. The number of phenols is 1. The van der Waals surface area contributed by atoms with Crippen LogP contribution in [0.5, 0.6) is 5.75 Å². The zero-order valence-electron chi connectivity index (χ0n) is 21.1. The minimum absolute atomic E-state index is 0.00540. The van der Waals surface area contributed by atoms with Gasteiger partial charge >= 0.3 is 6.18 Å². The van der Waals surface area contributed by atoms with E-state index in [4.69, 9.17) is 23.2 Å². The van der Waals surface area contributed by atoms with E-state index in [2.05, 4.69) is 5.32 Å². The summed E-state index contributed by atoms with van der Waals surface area (Å²) in [6, 6.07) is 9.91. The van der Waals surface area contributed by atoms with Crippen LogP contribution >= 0.6 is 23.2 Å². The first kappa shape index (κ1) is 29.7. The zero-order chi connectivity index (χ0) is 29.4. The van der Waals surface area contributed by atoms with Gasteiger partial charge in [0.25, 0.3) is 11.6 Å². The Morgan fingerprint density at radius 1 is 1.08 bits per heavy atom. The minimum atomic E-state index is -4.92. The highest BCUT2D eigenvalue weighted by molar-refractivity contribution is 6.35. The number of anilines is 1. The lowest BCUT2D eigenvalue weighted by Crippen LogP contribution is -2.20. The Balaban J connectivity index is 2.13. The Hall–Kier alpha value is -3.81. The fourth-order valence-electron chi connectivity index (χ4n) is 4.16. The topological polar surface area (TPSA) is 116 Å². The third-order valence-corrected chi connectivity index (χ3v) is 6.66. The molecule has 0 saturated carbocycles. The highest BCUT2D eigenvalue weighted by Gasteiger charge is 2.37. The Morgan fingerprint density at radius 2 is 1.69 bits per heavy atom. The molecule has 39 heavy (non-hydrogen) atoms. The summed E-state index contributed by atoms with van der Waals surface area (Å²) in [5.41, 5.74) is -3.50. The van der Waals surface area contributed by atoms with Crippen LogP contribution in [0.1, 0.15) is 64.9 Å². The number of carbonyl (C=O) groups is 1. The standard InChI is InChI=1S/C27H22Cl2F3N3O4/c1-13-22(35(38)39)11-20(26(2,3)4)24(36)23(13)25(37)34-15-6-8-16(19(10-15)27(30,31)32)18(12-33)17-7-5-14(28)9-21(17)29/h5-11,18,36H,1-4H3,(H,34,37). The molecule has 1 unspecified atom stereocenters. The van der Waals surface area contributed by atoms with Crippen molar-refractivity contribution in [3.8, 4) is 11.8 Å². The van der Waals surface area contributed by atoms with E-state index in [9.17, 15) is 38.4 Å². The van der Waals surface area contributed by atoms with E-state index in [0.29, 0.717) is 6.07 Å². The van der Waals surface area contributed by atoms with Crippen LogP contribution in [0.3, 0.4) is 0 Å². The van der Waals surface area contributed by atoms with Crippen LogP contribution < -0.4 is 5.32 Å². The number of nitrogens with zero attached hydrogens (tertiary/aromatic N) is 2. The van der Waals surface area contributed by atoms with Crippen LogP contribution in [-0.2, 0) is 11.6 Å². The van der Waals surface area contributed by atoms with Gasteiger partial charge in [0, 0.05) is 32.9 Å². The molecule has 0 bridgehead atoms. The average Bonchev–Trinajstić information content (AvgIpc) is 2.79. The summed E-state index contributed by atoms with van der Waals surface area (Å²) in [6.45, 7) is 6.29. The summed E-state index contributed by atoms with van der Waals surface area (Å²) in [4.78, 5) is 24.1. The second-order valence-corrected chi connectivity index (χ2v) is 10.6. The van der Waals surface area contributed by atoms with Crippen molar-refractivity contribution >= 4 is 40.5 Å². The number of phenolic OH excluding ortho intramolecular Hbond substituents is 1. The number of nitro groups is 1. The van der Waals surface area contributed by atoms with E-state index in [1.165, 1.54) is 31.2 Å². The second kappa shape index (κ2) is 10.8. The molecule has 0 spiro atoms. The maximum Gasteiger partial charge on any atom is 0.416 e. The highest BCUT2D eigenvalue weighted by atomic mass is 35.5. The predicted octanol–water partition coefficient (Wildman–Crippen LogP) is 8.14. The van der Waals surface area contributed by atoms with E-state index >= 15 is 0 Å². The summed E-state index contributed by atoms with van der Waals surface area (Å²) in [6.07, 6.45) is -4.92. The maximum atomic E-state index is 14.1. The van der Waals surface area contributed by atoms with Gasteiger partial charge in [-0.15, -0.1) is 0 Å². The quantitative estimate of drug-likeness (QED) is 0.233. The molecule has 0 heterocycles. The van der Waals surface area contributed by atoms with Crippen molar-refractivity contribution in [2.75, 3.05) is 5.32 Å². The molecule has 0 aliphatic rings. The van der Waals surface area contributed by atoms with Gasteiger partial charge < -0.3 is 10.4 Å². The zero-order valence-corrected chi connectivity index (χ0v) is 22.6. The van der Waals surface area contributed by atoms with E-state index in [0.717, 1.165) is 12.1 Å². The van der Waals surface area contributed by atoms with E-state index < -0.39 is 56.5 Å². The van der Waals surface area contributed by atoms with Gasteiger partial charge in [0.2, 0.25) is 0 Å². The van der Waals surface area contributed by atoms with Crippen LogP contribution in [0.15, 0.2) is 42.5 Å². The Labute approximate surface area is 231 Å². The third kappa shape index (κ3) is 6.10. The lowest BCUT2D eigenvalue weighted by Gasteiger charge is -2.23. The van der Waals surface area contributed by atoms with Crippen molar-refractivity contribution in [1.29, 1.82) is 5.26 Å². The van der Waals surface area contributed by atoms with Gasteiger partial charge in [-0.3, -0.25) is 14.9 Å². The first-order chi connectivity index (χ1) is 18.0. The predicted molar refractivity (Wildman–Crippen MR) is 142 cm³/mol. The number of alkyl halides is 3. The van der Waals surface area contributed by atoms with Gasteiger partial charge in [-0.1, -0.05) is 56.1 Å². The number of carbonyl (C=O) groups excluding carboxylic acids is 1. The fourth-order valence-corrected chi connectivity index (χ4v) is 4.68. The molecule has 0 saturated heterocycles. The first-order valence-corrected chi connectivity index (χ1v) is 12.1. The van der Waals surface area contributed by atoms with Crippen molar-refractivity contribution in [3.05, 3.63) is 96.0 Å². The molecule has 1 atom stereocenters. The van der Waals surface area contributed by atoms with Gasteiger partial charge in [0.1, 0.15) is 5.75 Å². The minimum Gasteiger partial charge on any atom is -0.507 e. The number of hydrogen-bond acceptors (Lipinski definition) is 5. The van der Waals surface area contributed by atoms with Crippen molar-refractivity contribution < 1.29 is 28.0 Å². The Bertz CT molecular complexity index is 1530. The number of nitriles is 1. The molecular weight excluding hydrogens is 558 g/mol. The first-order valence-electron chi connectivity index (χ1n) is 11.4. The van der Waals surface area contributed by atoms with Gasteiger partial charge in [-0.25, -0.2) is 0 Å². The summed E-state index contributed by atoms with van der Waals surface area (Å²) < 4.78 is 42.4. The molecule has 0 aliphatic carbocycles. The van der Waals surface area contributed by atoms with Crippen LogP contribution in [0.4, 0.5) is 24.5 Å². The van der Waals surface area contributed by atoms with E-state index in [1.54, 1.807) is 20.8 Å². The van der Waals surface area contributed by atoms with Crippen LogP contribution in [-0.4, -0.2) is 15.9 Å². The van der Waals surface area contributed by atoms with Crippen molar-refractivity contribution in [2.24, 2.45) is 0 Å². The van der Waals surface area contributed by atoms with Gasteiger partial charge in [0.15, 0.2) is 0 Å². The van der Waals surface area contributed by atoms with Gasteiger partial charge in [-0.2, -0.15) is 18.4 Å². The maximum absolute atomic E-state index is 14.1. The molecule has 2 N–H and O–H groups in total. The summed E-state index contributed by atoms with van der Waals surface area (Å²) >= 11 is 12.0. The molecule has 3 aromatic rings.